The highest BCUT2D eigenvalue weighted by molar-refractivity contribution is 5.83. The summed E-state index contributed by atoms with van der Waals surface area (Å²) in [7, 11) is 0. The first kappa shape index (κ1) is 12.6. The maximum Gasteiger partial charge on any atom is 0.309 e. The van der Waals surface area contributed by atoms with Gasteiger partial charge in [-0.05, 0) is 25.2 Å². The van der Waals surface area contributed by atoms with Gasteiger partial charge in [0, 0.05) is 12.8 Å². The van der Waals surface area contributed by atoms with Gasteiger partial charge in [-0.1, -0.05) is 32.1 Å². The Balaban J connectivity index is 2.01. The lowest BCUT2D eigenvalue weighted by molar-refractivity contribution is -0.153. The van der Waals surface area contributed by atoms with E-state index in [9.17, 15) is 14.7 Å². The first-order valence-electron chi connectivity index (χ1n) is 6.87. The summed E-state index contributed by atoms with van der Waals surface area (Å²) < 4.78 is 0. The highest BCUT2D eigenvalue weighted by Crippen LogP contribution is 2.43. The van der Waals surface area contributed by atoms with E-state index in [4.69, 9.17) is 0 Å². The molecule has 0 aromatic heterocycles. The van der Waals surface area contributed by atoms with E-state index in [1.165, 1.54) is 32.1 Å². The second-order valence-corrected chi connectivity index (χ2v) is 5.83. The summed E-state index contributed by atoms with van der Waals surface area (Å²) in [5, 5.41) is 9.49. The molecule has 0 saturated heterocycles. The third-order valence-electron chi connectivity index (χ3n) is 4.62. The van der Waals surface area contributed by atoms with Gasteiger partial charge in [0.05, 0.1) is 5.41 Å². The number of carboxylic acids is 1. The Morgan fingerprint density at radius 3 is 2.29 bits per heavy atom. The first-order chi connectivity index (χ1) is 8.12. The van der Waals surface area contributed by atoms with Gasteiger partial charge >= 0.3 is 5.97 Å². The number of ketones is 1. The number of hydrogen-bond acceptors (Lipinski definition) is 2. The van der Waals surface area contributed by atoms with E-state index in [1.54, 1.807) is 0 Å². The number of Topliss-reactive ketones (excluding diaryl/α,β-unsaturated/α-hetero) is 1. The van der Waals surface area contributed by atoms with Crippen molar-refractivity contribution >= 4 is 11.8 Å². The predicted molar refractivity (Wildman–Crippen MR) is 64.7 cm³/mol. The molecule has 3 nitrogen and oxygen atoms in total. The summed E-state index contributed by atoms with van der Waals surface area (Å²) in [6, 6.07) is 0. The van der Waals surface area contributed by atoms with Gasteiger partial charge in [0.15, 0.2) is 0 Å². The van der Waals surface area contributed by atoms with Crippen molar-refractivity contribution in [2.45, 2.75) is 64.2 Å². The van der Waals surface area contributed by atoms with Crippen molar-refractivity contribution in [2.24, 2.45) is 11.3 Å². The van der Waals surface area contributed by atoms with Crippen LogP contribution in [0.4, 0.5) is 0 Å². The predicted octanol–water partition coefficient (Wildman–Crippen LogP) is 3.17. The molecule has 0 spiro atoms. The van der Waals surface area contributed by atoms with E-state index < -0.39 is 11.4 Å². The molecule has 96 valence electrons. The van der Waals surface area contributed by atoms with Crippen LogP contribution in [-0.2, 0) is 9.59 Å². The average molecular weight is 238 g/mol. The Labute approximate surface area is 103 Å². The van der Waals surface area contributed by atoms with Gasteiger partial charge in [-0.3, -0.25) is 9.59 Å². The fourth-order valence-electron chi connectivity index (χ4n) is 3.46. The number of carbonyl (C=O) groups excluding carboxylic acids is 1. The number of carbonyl (C=O) groups is 2. The standard InChI is InChI=1S/C14H22O3/c15-12-6-8-14(9-7-12,13(16)17)10-11-4-2-1-3-5-11/h11H,1-10H2,(H,16,17). The van der Waals surface area contributed by atoms with Gasteiger partial charge in [0.2, 0.25) is 0 Å². The number of aliphatic carboxylic acids is 1. The smallest absolute Gasteiger partial charge is 0.309 e. The van der Waals surface area contributed by atoms with Crippen LogP contribution in [0.15, 0.2) is 0 Å². The molecule has 0 radical (unpaired) electrons. The van der Waals surface area contributed by atoms with Crippen LogP contribution in [0.1, 0.15) is 64.2 Å². The zero-order valence-corrected chi connectivity index (χ0v) is 10.4. The van der Waals surface area contributed by atoms with Gasteiger partial charge in [0.1, 0.15) is 5.78 Å². The van der Waals surface area contributed by atoms with Crippen LogP contribution in [0.5, 0.6) is 0 Å². The van der Waals surface area contributed by atoms with Crippen LogP contribution in [0.3, 0.4) is 0 Å². The number of rotatable bonds is 3. The third-order valence-corrected chi connectivity index (χ3v) is 4.62. The van der Waals surface area contributed by atoms with Crippen molar-refractivity contribution < 1.29 is 14.7 Å². The minimum Gasteiger partial charge on any atom is -0.481 e. The van der Waals surface area contributed by atoms with E-state index >= 15 is 0 Å². The summed E-state index contributed by atoms with van der Waals surface area (Å²) >= 11 is 0. The van der Waals surface area contributed by atoms with Crippen LogP contribution in [-0.4, -0.2) is 16.9 Å². The summed E-state index contributed by atoms with van der Waals surface area (Å²) in [5.74, 6) is 0.147. The molecule has 1 N–H and O–H groups in total. The van der Waals surface area contributed by atoms with E-state index in [2.05, 4.69) is 0 Å². The van der Waals surface area contributed by atoms with Crippen molar-refractivity contribution in [3.05, 3.63) is 0 Å². The lowest BCUT2D eigenvalue weighted by Crippen LogP contribution is -2.37. The largest absolute Gasteiger partial charge is 0.481 e. The molecule has 0 bridgehead atoms. The van der Waals surface area contributed by atoms with Crippen molar-refractivity contribution in [2.75, 3.05) is 0 Å². The maximum atomic E-state index is 11.5. The molecule has 0 aromatic rings. The summed E-state index contributed by atoms with van der Waals surface area (Å²) in [6.45, 7) is 0. The fourth-order valence-corrected chi connectivity index (χ4v) is 3.46. The lowest BCUT2D eigenvalue weighted by Gasteiger charge is -2.36. The van der Waals surface area contributed by atoms with Gasteiger partial charge in [-0.25, -0.2) is 0 Å². The minimum absolute atomic E-state index is 0.241. The highest BCUT2D eigenvalue weighted by Gasteiger charge is 2.43. The Morgan fingerprint density at radius 1 is 1.18 bits per heavy atom. The molecule has 0 aromatic carbocycles. The minimum atomic E-state index is -0.671. The summed E-state index contributed by atoms with van der Waals surface area (Å²) in [5.41, 5.74) is -0.587. The molecule has 3 heteroatoms. The SMILES string of the molecule is O=C1CCC(CC2CCCCC2)(C(=O)O)CC1. The molecule has 0 heterocycles. The van der Waals surface area contributed by atoms with Crippen LogP contribution in [0, 0.1) is 11.3 Å². The lowest BCUT2D eigenvalue weighted by atomic mass is 9.66. The van der Waals surface area contributed by atoms with E-state index in [0.717, 1.165) is 6.42 Å². The van der Waals surface area contributed by atoms with Crippen LogP contribution >= 0.6 is 0 Å². The normalized spacial score (nSPS) is 25.8. The second kappa shape index (κ2) is 5.19. The molecular weight excluding hydrogens is 216 g/mol. The number of carboxylic acid groups (broad SMARTS) is 1. The zero-order valence-electron chi connectivity index (χ0n) is 10.4. The van der Waals surface area contributed by atoms with Crippen molar-refractivity contribution in [3.63, 3.8) is 0 Å². The monoisotopic (exact) mass is 238 g/mol. The zero-order chi connectivity index (χ0) is 12.3. The molecule has 2 saturated carbocycles. The average Bonchev–Trinajstić information content (AvgIpc) is 2.33. The maximum absolute atomic E-state index is 11.5. The van der Waals surface area contributed by atoms with Gasteiger partial charge in [0.25, 0.3) is 0 Å². The quantitative estimate of drug-likeness (QED) is 0.821. The topological polar surface area (TPSA) is 54.4 Å². The Hall–Kier alpha value is -0.860. The van der Waals surface area contributed by atoms with Crippen LogP contribution in [0.2, 0.25) is 0 Å². The van der Waals surface area contributed by atoms with Gasteiger partial charge in [-0.15, -0.1) is 0 Å². The molecule has 0 atom stereocenters. The third kappa shape index (κ3) is 2.88. The molecule has 2 aliphatic carbocycles. The Kier molecular flexibility index (Phi) is 3.85. The molecule has 0 unspecified atom stereocenters. The van der Waals surface area contributed by atoms with Gasteiger partial charge < -0.3 is 5.11 Å². The number of hydrogen-bond donors (Lipinski definition) is 1. The van der Waals surface area contributed by atoms with Gasteiger partial charge in [-0.2, -0.15) is 0 Å². The van der Waals surface area contributed by atoms with Crippen LogP contribution in [0.25, 0.3) is 0 Å². The summed E-state index contributed by atoms with van der Waals surface area (Å²) in [6.07, 6.45) is 9.04. The van der Waals surface area contributed by atoms with E-state index in [1.807, 2.05) is 0 Å². The second-order valence-electron chi connectivity index (χ2n) is 5.83. The first-order valence-corrected chi connectivity index (χ1v) is 6.87. The van der Waals surface area contributed by atoms with E-state index in [-0.39, 0.29) is 5.78 Å². The van der Waals surface area contributed by atoms with Crippen molar-refractivity contribution in [1.29, 1.82) is 0 Å². The molecule has 0 aliphatic heterocycles. The van der Waals surface area contributed by atoms with Crippen molar-refractivity contribution in [3.8, 4) is 0 Å². The molecule has 2 rings (SSSR count). The molecule has 2 fully saturated rings. The summed E-state index contributed by atoms with van der Waals surface area (Å²) in [4.78, 5) is 22.8. The molecule has 2 aliphatic rings. The Bertz CT molecular complexity index is 293. The molecule has 17 heavy (non-hydrogen) atoms. The Morgan fingerprint density at radius 2 is 1.76 bits per heavy atom. The fraction of sp³-hybridized carbons (Fsp3) is 0.857. The molecule has 0 amide bonds. The van der Waals surface area contributed by atoms with Crippen molar-refractivity contribution in [1.82, 2.24) is 0 Å². The van der Waals surface area contributed by atoms with Crippen LogP contribution < -0.4 is 0 Å². The van der Waals surface area contributed by atoms with E-state index in [0.29, 0.717) is 31.6 Å². The molecular formula is C14H22O3. The highest BCUT2D eigenvalue weighted by atomic mass is 16.4.